The largest absolute Gasteiger partial charge is 0.468 e. The molecule has 0 amide bonds. The van der Waals surface area contributed by atoms with Crippen LogP contribution < -0.4 is 9.47 Å². The lowest BCUT2D eigenvalue weighted by Crippen LogP contribution is -2.02. The smallest absolute Gasteiger partial charge is 0.201 e. The van der Waals surface area contributed by atoms with E-state index in [0.29, 0.717) is 11.3 Å². The highest BCUT2D eigenvalue weighted by Gasteiger charge is 2.15. The molecule has 0 N–H and O–H groups in total. The van der Waals surface area contributed by atoms with E-state index in [-0.39, 0.29) is 24.9 Å². The summed E-state index contributed by atoms with van der Waals surface area (Å²) >= 11 is 0. The lowest BCUT2D eigenvalue weighted by molar-refractivity contribution is 0.0478. The van der Waals surface area contributed by atoms with Gasteiger partial charge in [-0.05, 0) is 29.8 Å². The van der Waals surface area contributed by atoms with E-state index in [2.05, 4.69) is 4.74 Å². The van der Waals surface area contributed by atoms with Crippen LogP contribution in [0, 0.1) is 11.6 Å². The van der Waals surface area contributed by atoms with Crippen molar-refractivity contribution in [1.29, 1.82) is 0 Å². The van der Waals surface area contributed by atoms with Crippen LogP contribution in [0.2, 0.25) is 0 Å². The summed E-state index contributed by atoms with van der Waals surface area (Å²) in [5, 5.41) is 0. The van der Waals surface area contributed by atoms with Crippen molar-refractivity contribution in [3.05, 3.63) is 48.0 Å². The minimum Gasteiger partial charge on any atom is -0.468 e. The summed E-state index contributed by atoms with van der Waals surface area (Å²) in [4.78, 5) is 0. The number of methoxy groups -OCH3 is 2. The zero-order valence-corrected chi connectivity index (χ0v) is 12.3. The van der Waals surface area contributed by atoms with Crippen molar-refractivity contribution in [3.8, 4) is 22.6 Å². The number of rotatable bonds is 7. The summed E-state index contributed by atoms with van der Waals surface area (Å²) in [5.74, 6) is -1.64. The quantitative estimate of drug-likeness (QED) is 0.732. The molecular formula is C16H16F2O4. The maximum absolute atomic E-state index is 14.1. The number of hydrogen-bond donors (Lipinski definition) is 0. The number of hydrogen-bond acceptors (Lipinski definition) is 4. The van der Waals surface area contributed by atoms with E-state index in [1.54, 1.807) is 24.3 Å². The fraction of sp³-hybridized carbons (Fsp3) is 0.250. The van der Waals surface area contributed by atoms with Gasteiger partial charge in [-0.25, -0.2) is 4.39 Å². The van der Waals surface area contributed by atoms with Crippen molar-refractivity contribution < 1.29 is 27.7 Å². The van der Waals surface area contributed by atoms with Gasteiger partial charge in [0.25, 0.3) is 0 Å². The van der Waals surface area contributed by atoms with Gasteiger partial charge in [-0.2, -0.15) is 4.39 Å². The van der Waals surface area contributed by atoms with Gasteiger partial charge in [0.05, 0.1) is 0 Å². The van der Waals surface area contributed by atoms with Gasteiger partial charge in [-0.3, -0.25) is 0 Å². The molecule has 0 bridgehead atoms. The zero-order chi connectivity index (χ0) is 15.9. The van der Waals surface area contributed by atoms with Gasteiger partial charge in [0.15, 0.2) is 25.2 Å². The van der Waals surface area contributed by atoms with Crippen LogP contribution in [-0.2, 0) is 9.47 Å². The Bertz CT molecular complexity index is 614. The standard InChI is InChI=1S/C16H16F2O4/c1-19-9-21-12-5-3-11(4-6-12)13-7-8-14(22-10-20-2)16(18)15(13)17/h3-8H,9-10H2,1-2H3. The summed E-state index contributed by atoms with van der Waals surface area (Å²) in [7, 11) is 2.91. The second kappa shape index (κ2) is 7.72. The van der Waals surface area contributed by atoms with E-state index in [9.17, 15) is 8.78 Å². The first kappa shape index (κ1) is 16.2. The lowest BCUT2D eigenvalue weighted by atomic mass is 10.0. The molecule has 22 heavy (non-hydrogen) atoms. The van der Waals surface area contributed by atoms with Gasteiger partial charge in [-0.1, -0.05) is 12.1 Å². The molecule has 0 aliphatic carbocycles. The molecule has 0 spiro atoms. The van der Waals surface area contributed by atoms with Crippen molar-refractivity contribution >= 4 is 0 Å². The fourth-order valence-electron chi connectivity index (χ4n) is 1.85. The van der Waals surface area contributed by atoms with Crippen LogP contribution >= 0.6 is 0 Å². The molecule has 0 unspecified atom stereocenters. The van der Waals surface area contributed by atoms with Crippen LogP contribution in [0.3, 0.4) is 0 Å². The monoisotopic (exact) mass is 310 g/mol. The summed E-state index contributed by atoms with van der Waals surface area (Å²) in [6.45, 7) is -0.0326. The summed E-state index contributed by atoms with van der Waals surface area (Å²) in [6, 6.07) is 9.40. The van der Waals surface area contributed by atoms with Crippen LogP contribution in [-0.4, -0.2) is 27.8 Å². The van der Waals surface area contributed by atoms with E-state index in [4.69, 9.17) is 14.2 Å². The third kappa shape index (κ3) is 3.72. The van der Waals surface area contributed by atoms with Crippen molar-refractivity contribution in [2.45, 2.75) is 0 Å². The molecule has 2 aromatic carbocycles. The third-order valence-electron chi connectivity index (χ3n) is 2.89. The highest BCUT2D eigenvalue weighted by molar-refractivity contribution is 5.66. The molecule has 4 nitrogen and oxygen atoms in total. The molecule has 0 aliphatic heterocycles. The SMILES string of the molecule is COCOc1ccc(-c2ccc(OCOC)c(F)c2F)cc1. The van der Waals surface area contributed by atoms with E-state index >= 15 is 0 Å². The van der Waals surface area contributed by atoms with Crippen molar-refractivity contribution in [2.75, 3.05) is 27.8 Å². The summed E-state index contributed by atoms with van der Waals surface area (Å²) in [6.07, 6.45) is 0. The molecule has 0 fully saturated rings. The minimum atomic E-state index is -1.05. The first-order valence-electron chi connectivity index (χ1n) is 6.49. The van der Waals surface area contributed by atoms with Gasteiger partial charge in [0.1, 0.15) is 5.75 Å². The highest BCUT2D eigenvalue weighted by Crippen LogP contribution is 2.30. The molecule has 0 atom stereocenters. The predicted molar refractivity (Wildman–Crippen MR) is 76.8 cm³/mol. The third-order valence-corrected chi connectivity index (χ3v) is 2.89. The average Bonchev–Trinajstić information content (AvgIpc) is 2.55. The highest BCUT2D eigenvalue weighted by atomic mass is 19.2. The normalized spacial score (nSPS) is 10.5. The van der Waals surface area contributed by atoms with Crippen LogP contribution in [0.15, 0.2) is 36.4 Å². The maximum atomic E-state index is 14.1. The molecule has 2 aromatic rings. The Kier molecular flexibility index (Phi) is 5.68. The maximum Gasteiger partial charge on any atom is 0.201 e. The first-order valence-corrected chi connectivity index (χ1v) is 6.49. The number of benzene rings is 2. The Hall–Kier alpha value is -2.18. The molecule has 0 radical (unpaired) electrons. The van der Waals surface area contributed by atoms with E-state index in [1.165, 1.54) is 26.4 Å². The summed E-state index contributed by atoms with van der Waals surface area (Å²) in [5.41, 5.74) is 0.667. The van der Waals surface area contributed by atoms with Crippen LogP contribution in [0.4, 0.5) is 8.78 Å². The Morgan fingerprint density at radius 2 is 1.41 bits per heavy atom. The second-order valence-corrected chi connectivity index (χ2v) is 4.37. The molecule has 0 aromatic heterocycles. The Morgan fingerprint density at radius 1 is 0.773 bits per heavy atom. The van der Waals surface area contributed by atoms with Crippen LogP contribution in [0.1, 0.15) is 0 Å². The molecule has 0 aliphatic rings. The predicted octanol–water partition coefficient (Wildman–Crippen LogP) is 3.60. The topological polar surface area (TPSA) is 36.9 Å². The van der Waals surface area contributed by atoms with Crippen molar-refractivity contribution in [2.24, 2.45) is 0 Å². The van der Waals surface area contributed by atoms with Gasteiger partial charge in [0.2, 0.25) is 5.82 Å². The number of halogens is 2. The lowest BCUT2D eigenvalue weighted by Gasteiger charge is -2.10. The summed E-state index contributed by atoms with van der Waals surface area (Å²) < 4.78 is 47.7. The number of ether oxygens (including phenoxy) is 4. The Balaban J connectivity index is 2.23. The van der Waals surface area contributed by atoms with Crippen LogP contribution in [0.25, 0.3) is 11.1 Å². The molecule has 6 heteroatoms. The minimum absolute atomic E-state index is 0.119. The van der Waals surface area contributed by atoms with Gasteiger partial charge in [-0.15, -0.1) is 0 Å². The molecule has 0 saturated carbocycles. The first-order chi connectivity index (χ1) is 10.7. The van der Waals surface area contributed by atoms with E-state index in [0.717, 1.165) is 0 Å². The fourth-order valence-corrected chi connectivity index (χ4v) is 1.85. The van der Waals surface area contributed by atoms with E-state index < -0.39 is 11.6 Å². The molecule has 118 valence electrons. The van der Waals surface area contributed by atoms with Crippen molar-refractivity contribution in [3.63, 3.8) is 0 Å². The average molecular weight is 310 g/mol. The molecule has 2 rings (SSSR count). The molecule has 0 heterocycles. The van der Waals surface area contributed by atoms with E-state index in [1.807, 2.05) is 0 Å². The Labute approximate surface area is 127 Å². The van der Waals surface area contributed by atoms with Gasteiger partial charge >= 0.3 is 0 Å². The van der Waals surface area contributed by atoms with Crippen molar-refractivity contribution in [1.82, 2.24) is 0 Å². The van der Waals surface area contributed by atoms with Crippen LogP contribution in [0.5, 0.6) is 11.5 Å². The van der Waals surface area contributed by atoms with Gasteiger partial charge < -0.3 is 18.9 Å². The molecule has 0 saturated heterocycles. The Morgan fingerprint density at radius 3 is 2.05 bits per heavy atom. The second-order valence-electron chi connectivity index (χ2n) is 4.37. The zero-order valence-electron chi connectivity index (χ0n) is 12.3. The molecular weight excluding hydrogens is 294 g/mol. The van der Waals surface area contributed by atoms with Gasteiger partial charge in [0, 0.05) is 19.8 Å².